The highest BCUT2D eigenvalue weighted by Gasteiger charge is 2.28. The Morgan fingerprint density at radius 3 is 2.67 bits per heavy atom. The summed E-state index contributed by atoms with van der Waals surface area (Å²) >= 11 is 3.34. The van der Waals surface area contributed by atoms with E-state index in [-0.39, 0.29) is 36.8 Å². The van der Waals surface area contributed by atoms with Crippen molar-refractivity contribution in [3.63, 3.8) is 0 Å². The Bertz CT molecular complexity index is 483. The number of hydrogen-bond acceptors (Lipinski definition) is 4. The van der Waals surface area contributed by atoms with Gasteiger partial charge in [-0.15, -0.1) is 24.8 Å². The third-order valence-electron chi connectivity index (χ3n) is 3.23. The Hall–Kier alpha value is -0.560. The second kappa shape index (κ2) is 8.78. The average molecular weight is 400 g/mol. The highest BCUT2D eigenvalue weighted by atomic mass is 79.9. The van der Waals surface area contributed by atoms with Gasteiger partial charge in [0.05, 0.1) is 5.56 Å². The fourth-order valence-electron chi connectivity index (χ4n) is 1.95. The summed E-state index contributed by atoms with van der Waals surface area (Å²) in [6, 6.07) is 1.84. The number of hydrogen-bond donors (Lipinski definition) is 2. The molecule has 21 heavy (non-hydrogen) atoms. The number of aromatic nitrogens is 1. The summed E-state index contributed by atoms with van der Waals surface area (Å²) in [5, 5.41) is 2.89. The van der Waals surface area contributed by atoms with E-state index in [1.807, 2.05) is 19.0 Å². The average Bonchev–Trinajstić information content (AvgIpc) is 3.19. The summed E-state index contributed by atoms with van der Waals surface area (Å²) in [4.78, 5) is 18.3. The quantitative estimate of drug-likeness (QED) is 0.796. The summed E-state index contributed by atoms with van der Waals surface area (Å²) in [5.74, 6) is 1.10. The van der Waals surface area contributed by atoms with Crippen molar-refractivity contribution in [2.75, 3.05) is 25.5 Å². The van der Waals surface area contributed by atoms with Gasteiger partial charge in [-0.2, -0.15) is 0 Å². The molecule has 1 atom stereocenters. The van der Waals surface area contributed by atoms with Crippen LogP contribution in [0.3, 0.4) is 0 Å². The molecule has 2 rings (SSSR count). The van der Waals surface area contributed by atoms with Crippen LogP contribution in [0.4, 0.5) is 5.82 Å². The van der Waals surface area contributed by atoms with Crippen LogP contribution in [-0.4, -0.2) is 37.6 Å². The summed E-state index contributed by atoms with van der Waals surface area (Å²) in [5.41, 5.74) is 6.54. The lowest BCUT2D eigenvalue weighted by molar-refractivity contribution is 0.0950. The molecule has 0 spiro atoms. The van der Waals surface area contributed by atoms with Crippen LogP contribution >= 0.6 is 40.7 Å². The van der Waals surface area contributed by atoms with Crippen LogP contribution in [0.15, 0.2) is 16.7 Å². The number of nitrogens with one attached hydrogen (secondary N) is 1. The van der Waals surface area contributed by atoms with Gasteiger partial charge in [0.15, 0.2) is 0 Å². The van der Waals surface area contributed by atoms with E-state index in [4.69, 9.17) is 5.73 Å². The van der Waals surface area contributed by atoms with E-state index in [9.17, 15) is 4.79 Å². The molecule has 1 aromatic heterocycles. The Balaban J connectivity index is 0.00000200. The van der Waals surface area contributed by atoms with Crippen molar-refractivity contribution in [3.05, 3.63) is 22.3 Å². The zero-order valence-corrected chi connectivity index (χ0v) is 15.2. The molecule has 5 nitrogen and oxygen atoms in total. The molecule has 1 fully saturated rings. The standard InChI is InChI=1S/C13H19BrN4O.2ClH/c1-18(2)12-10(5-9(14)6-16-12)13(19)17-7-11(15)8-3-4-8;;/h5-6,8,11H,3-4,7,15H2,1-2H3,(H,17,19);2*1H. The van der Waals surface area contributed by atoms with Crippen LogP contribution in [0.5, 0.6) is 0 Å². The second-order valence-corrected chi connectivity index (χ2v) is 6.05. The lowest BCUT2D eigenvalue weighted by atomic mass is 10.2. The maximum Gasteiger partial charge on any atom is 0.255 e. The molecule has 8 heteroatoms. The summed E-state index contributed by atoms with van der Waals surface area (Å²) in [6.07, 6.45) is 4.04. The molecular formula is C13H21BrCl2N4O. The first kappa shape index (κ1) is 20.4. The number of carbonyl (C=O) groups excluding carboxylic acids is 1. The van der Waals surface area contributed by atoms with Crippen LogP contribution < -0.4 is 16.0 Å². The molecule has 120 valence electrons. The van der Waals surface area contributed by atoms with Crippen molar-refractivity contribution in [2.24, 2.45) is 11.7 Å². The molecular weight excluding hydrogens is 379 g/mol. The SMILES string of the molecule is CN(C)c1ncc(Br)cc1C(=O)NCC(N)C1CC1.Cl.Cl. The summed E-state index contributed by atoms with van der Waals surface area (Å²) in [6.45, 7) is 0.517. The summed E-state index contributed by atoms with van der Waals surface area (Å²) in [7, 11) is 3.73. The zero-order valence-electron chi connectivity index (χ0n) is 12.0. The maximum absolute atomic E-state index is 12.2. The maximum atomic E-state index is 12.2. The first-order valence-electron chi connectivity index (χ1n) is 6.35. The van der Waals surface area contributed by atoms with Gasteiger partial charge in [-0.3, -0.25) is 4.79 Å². The number of carbonyl (C=O) groups is 1. The first-order chi connectivity index (χ1) is 8.99. The van der Waals surface area contributed by atoms with E-state index in [1.54, 1.807) is 12.3 Å². The van der Waals surface area contributed by atoms with Crippen LogP contribution in [0.2, 0.25) is 0 Å². The van der Waals surface area contributed by atoms with E-state index in [1.165, 1.54) is 12.8 Å². The Kier molecular flexibility index (Phi) is 8.54. The van der Waals surface area contributed by atoms with Gasteiger partial charge in [0.1, 0.15) is 5.82 Å². The monoisotopic (exact) mass is 398 g/mol. The predicted octanol–water partition coefficient (Wildman–Crippen LogP) is 2.22. The Labute approximate surface area is 146 Å². The number of amides is 1. The first-order valence-corrected chi connectivity index (χ1v) is 7.15. The van der Waals surface area contributed by atoms with Crippen LogP contribution in [0.1, 0.15) is 23.2 Å². The highest BCUT2D eigenvalue weighted by molar-refractivity contribution is 9.10. The van der Waals surface area contributed by atoms with E-state index in [0.29, 0.717) is 23.8 Å². The molecule has 1 aliphatic rings. The predicted molar refractivity (Wildman–Crippen MR) is 93.8 cm³/mol. The molecule has 1 saturated carbocycles. The molecule has 1 amide bonds. The van der Waals surface area contributed by atoms with Gasteiger partial charge < -0.3 is 16.0 Å². The lowest BCUT2D eigenvalue weighted by Gasteiger charge is -2.17. The van der Waals surface area contributed by atoms with E-state index < -0.39 is 0 Å². The van der Waals surface area contributed by atoms with Crippen molar-refractivity contribution in [3.8, 4) is 0 Å². The van der Waals surface area contributed by atoms with Crippen molar-refractivity contribution in [1.29, 1.82) is 0 Å². The number of rotatable bonds is 5. The van der Waals surface area contributed by atoms with Gasteiger partial charge in [-0.25, -0.2) is 4.98 Å². The molecule has 0 radical (unpaired) electrons. The fourth-order valence-corrected chi connectivity index (χ4v) is 2.28. The van der Waals surface area contributed by atoms with Crippen molar-refractivity contribution in [1.82, 2.24) is 10.3 Å². The second-order valence-electron chi connectivity index (χ2n) is 5.13. The molecule has 1 aromatic rings. The number of anilines is 1. The smallest absolute Gasteiger partial charge is 0.255 e. The molecule has 1 aliphatic carbocycles. The third-order valence-corrected chi connectivity index (χ3v) is 3.66. The third kappa shape index (κ3) is 5.62. The highest BCUT2D eigenvalue weighted by Crippen LogP contribution is 2.31. The normalized spacial score (nSPS) is 14.5. The van der Waals surface area contributed by atoms with E-state index in [0.717, 1.165) is 4.47 Å². The molecule has 1 unspecified atom stereocenters. The van der Waals surface area contributed by atoms with Gasteiger partial charge >= 0.3 is 0 Å². The minimum absolute atomic E-state index is 0. The lowest BCUT2D eigenvalue weighted by Crippen LogP contribution is -2.39. The van der Waals surface area contributed by atoms with Crippen LogP contribution in [0.25, 0.3) is 0 Å². The zero-order chi connectivity index (χ0) is 14.0. The van der Waals surface area contributed by atoms with Crippen molar-refractivity contribution < 1.29 is 4.79 Å². The molecule has 3 N–H and O–H groups in total. The van der Waals surface area contributed by atoms with E-state index in [2.05, 4.69) is 26.2 Å². The van der Waals surface area contributed by atoms with Gasteiger partial charge in [0, 0.05) is 37.4 Å². The molecule has 0 aliphatic heterocycles. The number of halogens is 3. The van der Waals surface area contributed by atoms with Crippen molar-refractivity contribution in [2.45, 2.75) is 18.9 Å². The van der Waals surface area contributed by atoms with Crippen LogP contribution in [0, 0.1) is 5.92 Å². The number of nitrogens with two attached hydrogens (primary N) is 1. The number of nitrogens with zero attached hydrogens (tertiary/aromatic N) is 2. The van der Waals surface area contributed by atoms with Gasteiger partial charge in [-0.05, 0) is 40.8 Å². The Morgan fingerprint density at radius 1 is 1.52 bits per heavy atom. The molecule has 0 aromatic carbocycles. The largest absolute Gasteiger partial charge is 0.362 e. The van der Waals surface area contributed by atoms with Gasteiger partial charge in [0.2, 0.25) is 0 Å². The topological polar surface area (TPSA) is 71.2 Å². The minimum atomic E-state index is -0.131. The molecule has 1 heterocycles. The fraction of sp³-hybridized carbons (Fsp3) is 0.538. The van der Waals surface area contributed by atoms with Crippen molar-refractivity contribution >= 4 is 52.5 Å². The number of pyridine rings is 1. The van der Waals surface area contributed by atoms with Gasteiger partial charge in [-0.1, -0.05) is 0 Å². The molecule has 0 saturated heterocycles. The Morgan fingerprint density at radius 2 is 2.14 bits per heavy atom. The van der Waals surface area contributed by atoms with E-state index >= 15 is 0 Å². The minimum Gasteiger partial charge on any atom is -0.362 e. The van der Waals surface area contributed by atoms with Gasteiger partial charge in [0.25, 0.3) is 5.91 Å². The summed E-state index contributed by atoms with van der Waals surface area (Å²) < 4.78 is 0.787. The van der Waals surface area contributed by atoms with Crippen LogP contribution in [-0.2, 0) is 0 Å². The molecule has 0 bridgehead atoms.